The third-order valence-corrected chi connectivity index (χ3v) is 5.55. The van der Waals surface area contributed by atoms with Gasteiger partial charge < -0.3 is 19.9 Å². The van der Waals surface area contributed by atoms with Crippen molar-refractivity contribution < 1.29 is 24.2 Å². The molecule has 0 atom stereocenters. The van der Waals surface area contributed by atoms with Gasteiger partial charge in [-0.2, -0.15) is 0 Å². The van der Waals surface area contributed by atoms with Crippen LogP contribution in [-0.4, -0.2) is 40.1 Å². The van der Waals surface area contributed by atoms with Crippen LogP contribution in [0, 0.1) is 0 Å². The van der Waals surface area contributed by atoms with Crippen molar-refractivity contribution in [2.75, 3.05) is 13.2 Å². The Morgan fingerprint density at radius 2 is 1.87 bits per heavy atom. The van der Waals surface area contributed by atoms with E-state index in [0.717, 1.165) is 15.6 Å². The van der Waals surface area contributed by atoms with E-state index in [1.54, 1.807) is 30.3 Å². The molecule has 0 saturated carbocycles. The number of carbonyl (C=O) groups excluding carboxylic acids is 1. The maximum atomic E-state index is 12.5. The van der Waals surface area contributed by atoms with Crippen molar-refractivity contribution in [1.29, 1.82) is 0 Å². The topological polar surface area (TPSA) is 88.1 Å². The number of rotatable bonds is 8. The average molecular weight is 505 g/mol. The minimum atomic E-state index is -0.974. The minimum absolute atomic E-state index is 0.178. The molecule has 1 heterocycles. The van der Waals surface area contributed by atoms with Crippen molar-refractivity contribution in [2.45, 2.75) is 20.5 Å². The molecule has 0 unspecified atom stereocenters. The molecule has 2 aromatic rings. The summed E-state index contributed by atoms with van der Waals surface area (Å²) in [4.78, 5) is 24.9. The van der Waals surface area contributed by atoms with Gasteiger partial charge in [0.2, 0.25) is 0 Å². The first-order valence-corrected chi connectivity index (χ1v) is 10.8. The van der Waals surface area contributed by atoms with Gasteiger partial charge in [0.1, 0.15) is 12.3 Å². The van der Waals surface area contributed by atoms with Gasteiger partial charge >= 0.3 is 5.97 Å². The molecule has 0 radical (unpaired) electrons. The Balaban J connectivity index is 1.83. The summed E-state index contributed by atoms with van der Waals surface area (Å²) >= 11 is 8.73. The second-order valence-corrected chi connectivity index (χ2v) is 7.82. The maximum Gasteiger partial charge on any atom is 0.335 e. The molecule has 1 fully saturated rings. The highest BCUT2D eigenvalue weighted by Gasteiger charge is 2.29. The average Bonchev–Trinajstić information content (AvgIpc) is 3.01. The van der Waals surface area contributed by atoms with Crippen LogP contribution in [-0.2, 0) is 11.4 Å². The molecule has 31 heavy (non-hydrogen) atoms. The van der Waals surface area contributed by atoms with E-state index in [-0.39, 0.29) is 18.1 Å². The zero-order chi connectivity index (χ0) is 22.5. The molecular weight excluding hydrogens is 484 g/mol. The second kappa shape index (κ2) is 9.93. The first-order valence-electron chi connectivity index (χ1n) is 9.60. The number of nitrogens with zero attached hydrogens (tertiary/aromatic N) is 1. The molecule has 2 N–H and O–H groups in total. The van der Waals surface area contributed by atoms with E-state index in [4.69, 9.17) is 26.8 Å². The number of hydrogen-bond donors (Lipinski definition) is 2. The highest BCUT2D eigenvalue weighted by Crippen LogP contribution is 2.35. The summed E-state index contributed by atoms with van der Waals surface area (Å²) < 4.78 is 12.4. The van der Waals surface area contributed by atoms with Crippen LogP contribution in [0.1, 0.15) is 35.3 Å². The van der Waals surface area contributed by atoms with Gasteiger partial charge in [-0.25, -0.2) is 4.79 Å². The largest absolute Gasteiger partial charge is 0.490 e. The number of carbonyl (C=O) groups is 2. The molecule has 1 aliphatic heterocycles. The SMILES string of the molecule is CCOc1cc(/C=C2\NC(=S)N(CC)C2=O)c(Br)cc1OCc1ccc(C(=O)O)cc1. The summed E-state index contributed by atoms with van der Waals surface area (Å²) in [5.74, 6) is -0.102. The van der Waals surface area contributed by atoms with Gasteiger partial charge in [0, 0.05) is 11.0 Å². The molecule has 162 valence electrons. The smallest absolute Gasteiger partial charge is 0.335 e. The number of aromatic carboxylic acids is 1. The fraction of sp³-hybridized carbons (Fsp3) is 0.227. The molecule has 3 rings (SSSR count). The molecule has 2 aromatic carbocycles. The van der Waals surface area contributed by atoms with Gasteiger partial charge in [-0.3, -0.25) is 9.69 Å². The standard InChI is InChI=1S/C22H21BrN2O5S/c1-3-25-20(26)17(24-22(25)31)9-15-10-18(29-4-2)19(11-16(15)23)30-12-13-5-7-14(8-6-13)21(27)28/h5-11H,3-4,12H2,1-2H3,(H,24,31)(H,27,28)/b17-9-. The lowest BCUT2D eigenvalue weighted by Crippen LogP contribution is -2.30. The van der Waals surface area contributed by atoms with Crippen molar-refractivity contribution in [3.8, 4) is 11.5 Å². The number of carboxylic acid groups (broad SMARTS) is 1. The van der Waals surface area contributed by atoms with Crippen LogP contribution in [0.15, 0.2) is 46.6 Å². The summed E-state index contributed by atoms with van der Waals surface area (Å²) in [6.07, 6.45) is 1.71. The molecule has 7 nitrogen and oxygen atoms in total. The van der Waals surface area contributed by atoms with Crippen molar-refractivity contribution in [3.63, 3.8) is 0 Å². The Labute approximate surface area is 193 Å². The highest BCUT2D eigenvalue weighted by atomic mass is 79.9. The molecule has 9 heteroatoms. The Morgan fingerprint density at radius 1 is 1.19 bits per heavy atom. The maximum absolute atomic E-state index is 12.5. The monoisotopic (exact) mass is 504 g/mol. The van der Waals surface area contributed by atoms with E-state index >= 15 is 0 Å². The summed E-state index contributed by atoms with van der Waals surface area (Å²) in [5, 5.41) is 12.3. The van der Waals surface area contributed by atoms with Gasteiger partial charge in [-0.15, -0.1) is 0 Å². The molecule has 0 spiro atoms. The predicted molar refractivity (Wildman–Crippen MR) is 124 cm³/mol. The van der Waals surface area contributed by atoms with Crippen LogP contribution in [0.2, 0.25) is 0 Å². The summed E-state index contributed by atoms with van der Waals surface area (Å²) in [6, 6.07) is 10.0. The number of benzene rings is 2. The third kappa shape index (κ3) is 5.23. The number of amides is 1. The van der Waals surface area contributed by atoms with Crippen LogP contribution in [0.5, 0.6) is 11.5 Å². The number of nitrogens with one attached hydrogen (secondary N) is 1. The van der Waals surface area contributed by atoms with E-state index in [1.165, 1.54) is 17.0 Å². The number of likely N-dealkylation sites (N-methyl/N-ethyl adjacent to an activating group) is 1. The second-order valence-electron chi connectivity index (χ2n) is 6.58. The normalized spacial score (nSPS) is 14.7. The first-order chi connectivity index (χ1) is 14.8. The van der Waals surface area contributed by atoms with Crippen LogP contribution in [0.4, 0.5) is 0 Å². The molecule has 0 aromatic heterocycles. The highest BCUT2D eigenvalue weighted by molar-refractivity contribution is 9.10. The molecular formula is C22H21BrN2O5S. The lowest BCUT2D eigenvalue weighted by atomic mass is 10.1. The van der Waals surface area contributed by atoms with E-state index in [0.29, 0.717) is 35.5 Å². The van der Waals surface area contributed by atoms with E-state index in [2.05, 4.69) is 21.2 Å². The lowest BCUT2D eigenvalue weighted by molar-refractivity contribution is -0.122. The van der Waals surface area contributed by atoms with Crippen molar-refractivity contribution in [2.24, 2.45) is 0 Å². The van der Waals surface area contributed by atoms with Crippen LogP contribution < -0.4 is 14.8 Å². The Hall–Kier alpha value is -2.91. The van der Waals surface area contributed by atoms with Gasteiger partial charge in [-0.1, -0.05) is 28.1 Å². The van der Waals surface area contributed by atoms with Gasteiger partial charge in [0.15, 0.2) is 16.6 Å². The molecule has 1 saturated heterocycles. The van der Waals surface area contributed by atoms with E-state index in [1.807, 2.05) is 13.8 Å². The van der Waals surface area contributed by atoms with E-state index in [9.17, 15) is 9.59 Å². The van der Waals surface area contributed by atoms with E-state index < -0.39 is 5.97 Å². The van der Waals surface area contributed by atoms with Crippen molar-refractivity contribution in [3.05, 3.63) is 63.3 Å². The molecule has 0 aliphatic carbocycles. The lowest BCUT2D eigenvalue weighted by Gasteiger charge is -2.14. The van der Waals surface area contributed by atoms with Gasteiger partial charge in [0.25, 0.3) is 5.91 Å². The summed E-state index contributed by atoms with van der Waals surface area (Å²) in [7, 11) is 0. The molecule has 1 aliphatic rings. The third-order valence-electron chi connectivity index (χ3n) is 4.54. The Morgan fingerprint density at radius 3 is 2.45 bits per heavy atom. The first kappa shape index (κ1) is 22.8. The minimum Gasteiger partial charge on any atom is -0.490 e. The number of thiocarbonyl (C=S) groups is 1. The molecule has 0 bridgehead atoms. The van der Waals surface area contributed by atoms with Crippen molar-refractivity contribution >= 4 is 51.2 Å². The fourth-order valence-electron chi connectivity index (χ4n) is 2.96. The zero-order valence-electron chi connectivity index (χ0n) is 17.0. The summed E-state index contributed by atoms with van der Waals surface area (Å²) in [6.45, 7) is 4.90. The number of ether oxygens (including phenoxy) is 2. The fourth-order valence-corrected chi connectivity index (χ4v) is 3.72. The predicted octanol–water partition coefficient (Wildman–Crippen LogP) is 4.20. The number of hydrogen-bond acceptors (Lipinski definition) is 5. The Bertz CT molecular complexity index is 1050. The van der Waals surface area contributed by atoms with Gasteiger partial charge in [0.05, 0.1) is 12.2 Å². The Kier molecular flexibility index (Phi) is 7.29. The van der Waals surface area contributed by atoms with Crippen molar-refractivity contribution in [1.82, 2.24) is 10.2 Å². The van der Waals surface area contributed by atoms with Crippen LogP contribution in [0.3, 0.4) is 0 Å². The van der Waals surface area contributed by atoms with Crippen LogP contribution in [0.25, 0.3) is 6.08 Å². The quantitative estimate of drug-likeness (QED) is 0.411. The zero-order valence-corrected chi connectivity index (χ0v) is 19.4. The van der Waals surface area contributed by atoms with Gasteiger partial charge in [-0.05, 0) is 67.5 Å². The number of halogens is 1. The van der Waals surface area contributed by atoms with Crippen LogP contribution >= 0.6 is 28.1 Å². The summed E-state index contributed by atoms with van der Waals surface area (Å²) in [5.41, 5.74) is 2.17. The number of carboxylic acids is 1. The molecule has 1 amide bonds.